The molecule has 0 aliphatic carbocycles. The van der Waals surface area contributed by atoms with Crippen molar-refractivity contribution >= 4 is 44.1 Å². The third-order valence-corrected chi connectivity index (χ3v) is 4.41. The van der Waals surface area contributed by atoms with Crippen molar-refractivity contribution in [3.63, 3.8) is 0 Å². The normalized spacial score (nSPS) is 10.7. The van der Waals surface area contributed by atoms with E-state index in [4.69, 9.17) is 0 Å². The van der Waals surface area contributed by atoms with Crippen LogP contribution in [0.1, 0.15) is 0 Å². The second kappa shape index (κ2) is 5.68. The van der Waals surface area contributed by atoms with Crippen LogP contribution in [0.5, 0.6) is 0 Å². The molecule has 6 heteroatoms. The Morgan fingerprint density at radius 3 is 2.80 bits per heavy atom. The Hall–Kier alpha value is -1.79. The maximum atomic E-state index is 13.6. The molecular formula is C14H12FN3S2. The van der Waals surface area contributed by atoms with E-state index in [1.54, 1.807) is 17.8 Å². The highest BCUT2D eigenvalue weighted by Crippen LogP contribution is 2.27. The number of thiazole rings is 1. The van der Waals surface area contributed by atoms with Gasteiger partial charge in [-0.1, -0.05) is 23.5 Å². The Morgan fingerprint density at radius 1 is 1.15 bits per heavy atom. The maximum absolute atomic E-state index is 13.6. The van der Waals surface area contributed by atoms with E-state index >= 15 is 0 Å². The molecule has 0 radical (unpaired) electrons. The van der Waals surface area contributed by atoms with Crippen molar-refractivity contribution in [1.82, 2.24) is 4.98 Å². The number of aromatic nitrogens is 1. The van der Waals surface area contributed by atoms with Gasteiger partial charge in [-0.2, -0.15) is 0 Å². The molecule has 0 amide bonds. The molecule has 3 aromatic rings. The quantitative estimate of drug-likeness (QED) is 0.546. The molecule has 102 valence electrons. The van der Waals surface area contributed by atoms with E-state index < -0.39 is 0 Å². The first kappa shape index (κ1) is 13.2. The largest absolute Gasteiger partial charge is 0.299 e. The molecule has 0 fully saturated rings. The van der Waals surface area contributed by atoms with Crippen molar-refractivity contribution in [2.45, 2.75) is 4.90 Å². The molecule has 1 aromatic heterocycles. The second-order valence-electron chi connectivity index (χ2n) is 4.09. The van der Waals surface area contributed by atoms with Crippen LogP contribution in [0.25, 0.3) is 10.2 Å². The zero-order valence-electron chi connectivity index (χ0n) is 10.7. The van der Waals surface area contributed by atoms with Crippen LogP contribution in [-0.2, 0) is 0 Å². The minimum Gasteiger partial charge on any atom is -0.299 e. The first-order valence-corrected chi connectivity index (χ1v) is 8.01. The van der Waals surface area contributed by atoms with Crippen molar-refractivity contribution in [2.24, 2.45) is 0 Å². The summed E-state index contributed by atoms with van der Waals surface area (Å²) in [5.41, 5.74) is 7.43. The summed E-state index contributed by atoms with van der Waals surface area (Å²) in [6.45, 7) is 0. The number of hydrogen-bond donors (Lipinski definition) is 2. The van der Waals surface area contributed by atoms with E-state index in [2.05, 4.69) is 15.8 Å². The first-order chi connectivity index (χ1) is 9.76. The molecule has 20 heavy (non-hydrogen) atoms. The van der Waals surface area contributed by atoms with E-state index in [9.17, 15) is 4.39 Å². The molecule has 0 aliphatic heterocycles. The summed E-state index contributed by atoms with van der Waals surface area (Å²) in [7, 11) is 0. The van der Waals surface area contributed by atoms with Crippen LogP contribution in [0.2, 0.25) is 0 Å². The predicted octanol–water partition coefficient (Wildman–Crippen LogP) is 4.60. The van der Waals surface area contributed by atoms with Gasteiger partial charge in [0.05, 0.1) is 10.4 Å². The summed E-state index contributed by atoms with van der Waals surface area (Å²) < 4.78 is 14.4. The second-order valence-corrected chi connectivity index (χ2v) is 6.00. The first-order valence-electron chi connectivity index (χ1n) is 5.97. The number of thioether (sulfide) groups is 1. The molecule has 0 aliphatic rings. The van der Waals surface area contributed by atoms with Gasteiger partial charge in [-0.25, -0.2) is 9.37 Å². The average molecular weight is 305 g/mol. The minimum absolute atomic E-state index is 0.295. The Morgan fingerprint density at radius 2 is 2.00 bits per heavy atom. The SMILES string of the molecule is CSc1cccc(NNc2nc3c(F)cccc3s2)c1. The third kappa shape index (κ3) is 2.71. The zero-order valence-corrected chi connectivity index (χ0v) is 12.3. The van der Waals surface area contributed by atoms with Gasteiger partial charge in [-0.05, 0) is 36.6 Å². The number of benzene rings is 2. The molecule has 2 aromatic carbocycles. The van der Waals surface area contributed by atoms with Crippen LogP contribution >= 0.6 is 23.1 Å². The lowest BCUT2D eigenvalue weighted by Gasteiger charge is -2.07. The number of halogens is 1. The van der Waals surface area contributed by atoms with Gasteiger partial charge in [-0.15, -0.1) is 11.8 Å². The summed E-state index contributed by atoms with van der Waals surface area (Å²) in [4.78, 5) is 5.41. The van der Waals surface area contributed by atoms with E-state index in [0.29, 0.717) is 10.6 Å². The van der Waals surface area contributed by atoms with Crippen LogP contribution < -0.4 is 10.9 Å². The molecule has 0 spiro atoms. The molecule has 3 rings (SSSR count). The highest BCUT2D eigenvalue weighted by Gasteiger charge is 2.07. The number of nitrogens with one attached hydrogen (secondary N) is 2. The summed E-state index contributed by atoms with van der Waals surface area (Å²) >= 11 is 3.09. The van der Waals surface area contributed by atoms with Crippen LogP contribution in [-0.4, -0.2) is 11.2 Å². The molecule has 3 nitrogen and oxygen atoms in total. The average Bonchev–Trinajstić information content (AvgIpc) is 2.90. The fourth-order valence-corrected chi connectivity index (χ4v) is 3.09. The van der Waals surface area contributed by atoms with Gasteiger partial charge in [0.15, 0.2) is 0 Å². The number of hydrogen-bond acceptors (Lipinski definition) is 5. The van der Waals surface area contributed by atoms with Gasteiger partial charge in [0.1, 0.15) is 11.3 Å². The van der Waals surface area contributed by atoms with Gasteiger partial charge < -0.3 is 0 Å². The Kier molecular flexibility index (Phi) is 3.75. The number of nitrogens with zero attached hydrogens (tertiary/aromatic N) is 1. The molecule has 1 heterocycles. The molecule has 0 unspecified atom stereocenters. The zero-order chi connectivity index (χ0) is 13.9. The van der Waals surface area contributed by atoms with Crippen LogP contribution in [0.15, 0.2) is 47.4 Å². The van der Waals surface area contributed by atoms with E-state index in [1.807, 2.05) is 36.6 Å². The van der Waals surface area contributed by atoms with Gasteiger partial charge in [0.25, 0.3) is 0 Å². The number of rotatable bonds is 4. The molecule has 0 saturated heterocycles. The molecule has 2 N–H and O–H groups in total. The Labute approximate surface area is 124 Å². The summed E-state index contributed by atoms with van der Waals surface area (Å²) in [5, 5.41) is 0.639. The van der Waals surface area contributed by atoms with E-state index in [1.165, 1.54) is 22.3 Å². The molecule has 0 bridgehead atoms. The van der Waals surface area contributed by atoms with Gasteiger partial charge in [0, 0.05) is 4.90 Å². The minimum atomic E-state index is -0.295. The number of hydrazine groups is 1. The van der Waals surface area contributed by atoms with E-state index in [-0.39, 0.29) is 5.82 Å². The van der Waals surface area contributed by atoms with Gasteiger partial charge in [0.2, 0.25) is 5.13 Å². The summed E-state index contributed by atoms with van der Waals surface area (Å²) in [5.74, 6) is -0.295. The van der Waals surface area contributed by atoms with Crippen molar-refractivity contribution in [3.05, 3.63) is 48.3 Å². The van der Waals surface area contributed by atoms with Crippen LogP contribution in [0, 0.1) is 5.82 Å². The fourth-order valence-electron chi connectivity index (χ4n) is 1.79. The Bertz CT molecular complexity index is 742. The van der Waals surface area contributed by atoms with Crippen molar-refractivity contribution in [3.8, 4) is 0 Å². The summed E-state index contributed by atoms with van der Waals surface area (Å²) in [6.07, 6.45) is 2.03. The lowest BCUT2D eigenvalue weighted by atomic mass is 10.3. The smallest absolute Gasteiger partial charge is 0.202 e. The Balaban J connectivity index is 1.78. The van der Waals surface area contributed by atoms with Crippen molar-refractivity contribution in [1.29, 1.82) is 0 Å². The number of anilines is 2. The van der Waals surface area contributed by atoms with Gasteiger partial charge >= 0.3 is 0 Å². The maximum Gasteiger partial charge on any atom is 0.202 e. The lowest BCUT2D eigenvalue weighted by Crippen LogP contribution is -2.07. The monoisotopic (exact) mass is 305 g/mol. The summed E-state index contributed by atoms with van der Waals surface area (Å²) in [6, 6.07) is 13.0. The fraction of sp³-hybridized carbons (Fsp3) is 0.0714. The van der Waals surface area contributed by atoms with Crippen molar-refractivity contribution < 1.29 is 4.39 Å². The molecular weight excluding hydrogens is 293 g/mol. The number of para-hydroxylation sites is 1. The van der Waals surface area contributed by atoms with E-state index in [0.717, 1.165) is 10.4 Å². The van der Waals surface area contributed by atoms with Gasteiger partial charge in [-0.3, -0.25) is 10.9 Å². The highest BCUT2D eigenvalue weighted by atomic mass is 32.2. The predicted molar refractivity (Wildman–Crippen MR) is 85.0 cm³/mol. The molecule has 0 atom stereocenters. The molecule has 0 saturated carbocycles. The highest BCUT2D eigenvalue weighted by molar-refractivity contribution is 7.98. The van der Waals surface area contributed by atoms with Crippen LogP contribution in [0.3, 0.4) is 0 Å². The third-order valence-electron chi connectivity index (χ3n) is 2.75. The topological polar surface area (TPSA) is 37.0 Å². The van der Waals surface area contributed by atoms with Crippen LogP contribution in [0.4, 0.5) is 15.2 Å². The standard InChI is InChI=1S/C14H12FN3S2/c1-19-10-5-2-4-9(8-10)17-18-14-16-13-11(15)6-3-7-12(13)20-14/h2-8,17H,1H3,(H,16,18). The lowest BCUT2D eigenvalue weighted by molar-refractivity contribution is 0.637. The van der Waals surface area contributed by atoms with Crippen molar-refractivity contribution in [2.75, 3.05) is 17.1 Å². The number of fused-ring (bicyclic) bond motifs is 1.